The zero-order chi connectivity index (χ0) is 16.6. The van der Waals surface area contributed by atoms with E-state index in [4.69, 9.17) is 11.6 Å². The lowest BCUT2D eigenvalue weighted by molar-refractivity contribution is -0.384. The van der Waals surface area contributed by atoms with E-state index >= 15 is 0 Å². The smallest absolute Gasteiger partial charge is 0.273 e. The van der Waals surface area contributed by atoms with Crippen molar-refractivity contribution in [2.75, 3.05) is 0 Å². The van der Waals surface area contributed by atoms with Crippen molar-refractivity contribution in [3.8, 4) is 0 Å². The molecular weight excluding hydrogens is 322 g/mol. The van der Waals surface area contributed by atoms with Crippen molar-refractivity contribution in [1.82, 2.24) is 10.9 Å². The highest BCUT2D eigenvalue weighted by molar-refractivity contribution is 6.32. The Morgan fingerprint density at radius 3 is 2.43 bits per heavy atom. The fourth-order valence-electron chi connectivity index (χ4n) is 3.45. The number of benzene rings is 1. The molecule has 122 valence electrons. The second-order valence-electron chi connectivity index (χ2n) is 6.00. The van der Waals surface area contributed by atoms with Gasteiger partial charge in [0.05, 0.1) is 4.92 Å². The number of hydrogen-bond donors (Lipinski definition) is 2. The van der Waals surface area contributed by atoms with Gasteiger partial charge in [0.2, 0.25) is 5.91 Å². The molecule has 2 amide bonds. The van der Waals surface area contributed by atoms with Crippen LogP contribution in [0.3, 0.4) is 0 Å². The lowest BCUT2D eigenvalue weighted by Crippen LogP contribution is -2.42. The Kier molecular flexibility index (Phi) is 4.21. The van der Waals surface area contributed by atoms with E-state index in [9.17, 15) is 19.7 Å². The van der Waals surface area contributed by atoms with Crippen molar-refractivity contribution < 1.29 is 14.5 Å². The second-order valence-corrected chi connectivity index (χ2v) is 6.41. The van der Waals surface area contributed by atoms with Crippen molar-refractivity contribution in [2.45, 2.75) is 25.7 Å². The van der Waals surface area contributed by atoms with Crippen LogP contribution in [0.4, 0.5) is 5.69 Å². The molecule has 0 radical (unpaired) electrons. The summed E-state index contributed by atoms with van der Waals surface area (Å²) in [5.41, 5.74) is 4.45. The molecule has 2 saturated carbocycles. The van der Waals surface area contributed by atoms with Crippen molar-refractivity contribution in [1.29, 1.82) is 0 Å². The molecule has 0 bridgehead atoms. The molecule has 2 fully saturated rings. The first-order valence-electron chi connectivity index (χ1n) is 7.53. The third-order valence-electron chi connectivity index (χ3n) is 4.66. The summed E-state index contributed by atoms with van der Waals surface area (Å²) in [6, 6.07) is 3.74. The molecule has 1 aromatic carbocycles. The normalized spacial score (nSPS) is 25.2. The van der Waals surface area contributed by atoms with Gasteiger partial charge in [-0.25, -0.2) is 0 Å². The first kappa shape index (κ1) is 15.7. The molecule has 0 aliphatic heterocycles. The molecule has 23 heavy (non-hydrogen) atoms. The lowest BCUT2D eigenvalue weighted by atomic mass is 10.0. The number of nitrogens with zero attached hydrogens (tertiary/aromatic N) is 1. The van der Waals surface area contributed by atoms with Crippen molar-refractivity contribution in [3.05, 3.63) is 38.9 Å². The largest absolute Gasteiger partial charge is 0.288 e. The Labute approximate surface area is 137 Å². The van der Waals surface area contributed by atoms with Crippen LogP contribution in [0.5, 0.6) is 0 Å². The Hall–Kier alpha value is -2.15. The molecule has 1 unspecified atom stereocenters. The lowest BCUT2D eigenvalue weighted by Gasteiger charge is -2.07. The standard InChI is InChI=1S/C15H16ClN3O4/c16-11-6-5-8(7-12(11)19(22)23)14(20)17-18-15(21)13-9-3-1-2-4-10(9)13/h5-7,9-10,13H,1-4H2,(H,17,20)(H,18,21)/t9-,10+,13?. The number of nitro groups is 1. The van der Waals surface area contributed by atoms with Gasteiger partial charge in [-0.15, -0.1) is 0 Å². The molecule has 7 nitrogen and oxygen atoms in total. The molecule has 3 atom stereocenters. The fraction of sp³-hybridized carbons (Fsp3) is 0.467. The highest BCUT2D eigenvalue weighted by Gasteiger charge is 2.54. The molecule has 1 aromatic rings. The maximum atomic E-state index is 12.1. The van der Waals surface area contributed by atoms with Gasteiger partial charge in [-0.2, -0.15) is 0 Å². The number of nitrogens with one attached hydrogen (secondary N) is 2. The van der Waals surface area contributed by atoms with Crippen LogP contribution < -0.4 is 10.9 Å². The van der Waals surface area contributed by atoms with Crippen LogP contribution in [-0.4, -0.2) is 16.7 Å². The minimum Gasteiger partial charge on any atom is -0.273 e. The molecule has 0 aromatic heterocycles. The number of rotatable bonds is 3. The summed E-state index contributed by atoms with van der Waals surface area (Å²) in [7, 11) is 0. The maximum Gasteiger partial charge on any atom is 0.288 e. The second kappa shape index (κ2) is 6.16. The fourth-order valence-corrected chi connectivity index (χ4v) is 3.64. The molecule has 2 aliphatic carbocycles. The molecule has 2 N–H and O–H groups in total. The maximum absolute atomic E-state index is 12.1. The van der Waals surface area contributed by atoms with E-state index in [0.717, 1.165) is 31.7 Å². The summed E-state index contributed by atoms with van der Waals surface area (Å²) in [5, 5.41) is 10.8. The van der Waals surface area contributed by atoms with E-state index in [1.54, 1.807) is 0 Å². The predicted molar refractivity (Wildman–Crippen MR) is 82.7 cm³/mol. The first-order valence-corrected chi connectivity index (χ1v) is 7.91. The quantitative estimate of drug-likeness (QED) is 0.653. The van der Waals surface area contributed by atoms with Crippen LogP contribution in [0.15, 0.2) is 18.2 Å². The molecule has 0 saturated heterocycles. The average Bonchev–Trinajstić information content (AvgIpc) is 3.27. The van der Waals surface area contributed by atoms with Gasteiger partial charge in [0.15, 0.2) is 0 Å². The van der Waals surface area contributed by atoms with Gasteiger partial charge in [0.1, 0.15) is 5.02 Å². The minimum atomic E-state index is -0.660. The SMILES string of the molecule is O=C(NNC(=O)C1[C@H]2CCCC[C@@H]12)c1ccc(Cl)c([N+](=O)[O-])c1. The molecule has 0 spiro atoms. The van der Waals surface area contributed by atoms with E-state index in [0.29, 0.717) is 11.8 Å². The van der Waals surface area contributed by atoms with Crippen molar-refractivity contribution >= 4 is 29.1 Å². The molecule has 8 heteroatoms. The Balaban J connectivity index is 1.58. The van der Waals surface area contributed by atoms with Crippen LogP contribution >= 0.6 is 11.6 Å². The van der Waals surface area contributed by atoms with Crippen LogP contribution in [0.1, 0.15) is 36.0 Å². The highest BCUT2D eigenvalue weighted by Crippen LogP contribution is 2.55. The predicted octanol–water partition coefficient (Wildman–Crippen LogP) is 2.45. The third-order valence-corrected chi connectivity index (χ3v) is 4.98. The van der Waals surface area contributed by atoms with Gasteiger partial charge in [-0.3, -0.25) is 30.6 Å². The van der Waals surface area contributed by atoms with Crippen LogP contribution in [0.25, 0.3) is 0 Å². The summed E-state index contributed by atoms with van der Waals surface area (Å²) >= 11 is 5.70. The van der Waals surface area contributed by atoms with Crippen LogP contribution in [0.2, 0.25) is 5.02 Å². The van der Waals surface area contributed by atoms with E-state index in [1.807, 2.05) is 0 Å². The summed E-state index contributed by atoms with van der Waals surface area (Å²) in [5.74, 6) is 0.0762. The van der Waals surface area contributed by atoms with Gasteiger partial charge in [0, 0.05) is 17.5 Å². The number of amides is 2. The van der Waals surface area contributed by atoms with Crippen LogP contribution in [0, 0.1) is 27.9 Å². The number of fused-ring (bicyclic) bond motifs is 1. The van der Waals surface area contributed by atoms with Gasteiger partial charge in [0.25, 0.3) is 11.6 Å². The number of carbonyl (C=O) groups excluding carboxylic acids is 2. The Bertz CT molecular complexity index is 667. The number of carbonyl (C=O) groups is 2. The number of nitro benzene ring substituents is 1. The summed E-state index contributed by atoms with van der Waals surface area (Å²) in [6.07, 6.45) is 4.46. The Morgan fingerprint density at radius 2 is 1.83 bits per heavy atom. The van der Waals surface area contributed by atoms with Crippen molar-refractivity contribution in [3.63, 3.8) is 0 Å². The molecule has 3 rings (SSSR count). The van der Waals surface area contributed by atoms with Gasteiger partial charge in [-0.05, 0) is 36.8 Å². The third kappa shape index (κ3) is 3.14. The summed E-state index contributed by atoms with van der Waals surface area (Å²) in [4.78, 5) is 34.2. The molecule has 2 aliphatic rings. The summed E-state index contributed by atoms with van der Waals surface area (Å²) < 4.78 is 0. The van der Waals surface area contributed by atoms with E-state index in [-0.39, 0.29) is 28.1 Å². The number of halogens is 1. The van der Waals surface area contributed by atoms with Gasteiger partial charge < -0.3 is 0 Å². The zero-order valence-corrected chi connectivity index (χ0v) is 13.0. The van der Waals surface area contributed by atoms with Gasteiger partial charge in [-0.1, -0.05) is 24.4 Å². The highest BCUT2D eigenvalue weighted by atomic mass is 35.5. The Morgan fingerprint density at radius 1 is 1.17 bits per heavy atom. The minimum absolute atomic E-state index is 0.0163. The molecule has 0 heterocycles. The first-order chi connectivity index (χ1) is 11.0. The monoisotopic (exact) mass is 337 g/mol. The topological polar surface area (TPSA) is 101 Å². The van der Waals surface area contributed by atoms with Crippen LogP contribution in [-0.2, 0) is 4.79 Å². The average molecular weight is 338 g/mol. The van der Waals surface area contributed by atoms with Gasteiger partial charge >= 0.3 is 0 Å². The van der Waals surface area contributed by atoms with E-state index < -0.39 is 10.8 Å². The summed E-state index contributed by atoms with van der Waals surface area (Å²) in [6.45, 7) is 0. The van der Waals surface area contributed by atoms with Crippen molar-refractivity contribution in [2.24, 2.45) is 17.8 Å². The van der Waals surface area contributed by atoms with E-state index in [1.165, 1.54) is 12.1 Å². The van der Waals surface area contributed by atoms with E-state index in [2.05, 4.69) is 10.9 Å². The zero-order valence-electron chi connectivity index (χ0n) is 12.3. The molecular formula is C15H16ClN3O4. The number of hydrazine groups is 1. The number of hydrogen-bond acceptors (Lipinski definition) is 4.